The van der Waals surface area contributed by atoms with Crippen LogP contribution in [0.5, 0.6) is 11.5 Å². The van der Waals surface area contributed by atoms with Crippen LogP contribution in [0.1, 0.15) is 0 Å². The molecule has 1 aliphatic heterocycles. The minimum absolute atomic E-state index is 0.222. The lowest BCUT2D eigenvalue weighted by Gasteiger charge is -2.28. The van der Waals surface area contributed by atoms with Crippen molar-refractivity contribution in [2.75, 3.05) is 42.1 Å². The molecule has 1 fully saturated rings. The molecule has 4 aromatic rings. The van der Waals surface area contributed by atoms with E-state index in [0.717, 1.165) is 48.6 Å². The third kappa shape index (κ3) is 4.32. The zero-order valence-electron chi connectivity index (χ0n) is 16.6. The van der Waals surface area contributed by atoms with Gasteiger partial charge in [-0.2, -0.15) is 15.1 Å². The van der Waals surface area contributed by atoms with Crippen molar-refractivity contribution in [1.29, 1.82) is 0 Å². The number of H-pyrrole nitrogens is 1. The van der Waals surface area contributed by atoms with Crippen LogP contribution in [0.2, 0.25) is 5.02 Å². The quantitative estimate of drug-likeness (QED) is 0.375. The Bertz CT molecular complexity index is 1220. The average Bonchev–Trinajstić information content (AvgIpc) is 3.24. The van der Waals surface area contributed by atoms with E-state index in [1.54, 1.807) is 12.3 Å². The molecule has 0 spiro atoms. The fourth-order valence-electron chi connectivity index (χ4n) is 3.49. The highest BCUT2D eigenvalue weighted by Crippen LogP contribution is 2.33. The SMILES string of the molecule is Nc1nc(Nc2ccc(Oc3ccc4[nH]ncc4c3)c(Cl)c2)cc(N2CCNCC2)n1. The number of nitrogens with two attached hydrogens (primary N) is 1. The van der Waals surface area contributed by atoms with Crippen LogP contribution in [0.4, 0.5) is 23.3 Å². The van der Waals surface area contributed by atoms with E-state index in [9.17, 15) is 0 Å². The summed E-state index contributed by atoms with van der Waals surface area (Å²) in [7, 11) is 0. The molecule has 5 rings (SSSR count). The summed E-state index contributed by atoms with van der Waals surface area (Å²) in [6.45, 7) is 3.57. The Kier molecular flexibility index (Phi) is 5.19. The molecule has 0 unspecified atom stereocenters. The van der Waals surface area contributed by atoms with Gasteiger partial charge in [0, 0.05) is 43.3 Å². The third-order valence-corrected chi connectivity index (χ3v) is 5.31. The highest BCUT2D eigenvalue weighted by atomic mass is 35.5. The molecule has 9 nitrogen and oxygen atoms in total. The second-order valence-corrected chi connectivity index (χ2v) is 7.61. The van der Waals surface area contributed by atoms with Crippen LogP contribution >= 0.6 is 11.6 Å². The summed E-state index contributed by atoms with van der Waals surface area (Å²) in [5.41, 5.74) is 7.65. The van der Waals surface area contributed by atoms with Crippen LogP contribution in [0.3, 0.4) is 0 Å². The van der Waals surface area contributed by atoms with Gasteiger partial charge < -0.3 is 26.0 Å². The van der Waals surface area contributed by atoms with Crippen molar-refractivity contribution in [1.82, 2.24) is 25.5 Å². The first-order chi connectivity index (χ1) is 15.1. The van der Waals surface area contributed by atoms with Gasteiger partial charge in [0.15, 0.2) is 0 Å². The number of piperazine rings is 1. The van der Waals surface area contributed by atoms with Gasteiger partial charge in [-0.25, -0.2) is 0 Å². The van der Waals surface area contributed by atoms with Crippen molar-refractivity contribution >= 4 is 45.8 Å². The second kappa shape index (κ2) is 8.29. The van der Waals surface area contributed by atoms with E-state index >= 15 is 0 Å². The van der Waals surface area contributed by atoms with Gasteiger partial charge in [0.05, 0.1) is 16.7 Å². The third-order valence-electron chi connectivity index (χ3n) is 5.01. The normalized spacial score (nSPS) is 14.0. The number of hydrogen-bond donors (Lipinski definition) is 4. The Morgan fingerprint density at radius 1 is 1.06 bits per heavy atom. The Morgan fingerprint density at radius 2 is 1.94 bits per heavy atom. The van der Waals surface area contributed by atoms with Crippen LogP contribution in [0.25, 0.3) is 10.9 Å². The Balaban J connectivity index is 1.33. The number of nitrogens with zero attached hydrogens (tertiary/aromatic N) is 4. The highest BCUT2D eigenvalue weighted by Gasteiger charge is 2.14. The molecule has 10 heteroatoms. The molecule has 1 aliphatic rings. The lowest BCUT2D eigenvalue weighted by Crippen LogP contribution is -2.44. The van der Waals surface area contributed by atoms with Crippen molar-refractivity contribution in [2.45, 2.75) is 0 Å². The number of benzene rings is 2. The van der Waals surface area contributed by atoms with Gasteiger partial charge in [-0.1, -0.05) is 11.6 Å². The van der Waals surface area contributed by atoms with Gasteiger partial charge in [0.2, 0.25) is 5.95 Å². The van der Waals surface area contributed by atoms with Crippen molar-refractivity contribution < 1.29 is 4.74 Å². The standard InChI is InChI=1S/C21H21ClN8O/c22-16-10-14(1-4-18(16)31-15-2-3-17-13(9-15)12-25-29-17)26-19-11-20(28-21(23)27-19)30-7-5-24-6-8-30/h1-4,9-12,24H,5-8H2,(H,25,29)(H3,23,26,27,28). The number of anilines is 4. The molecular formula is C21H21ClN8O. The summed E-state index contributed by atoms with van der Waals surface area (Å²) in [5.74, 6) is 2.87. The molecule has 0 saturated carbocycles. The second-order valence-electron chi connectivity index (χ2n) is 7.20. The predicted molar refractivity (Wildman–Crippen MR) is 122 cm³/mol. The van der Waals surface area contributed by atoms with Gasteiger partial charge in [-0.05, 0) is 36.4 Å². The van der Waals surface area contributed by atoms with E-state index in [1.165, 1.54) is 0 Å². The molecular weight excluding hydrogens is 416 g/mol. The van der Waals surface area contributed by atoms with Gasteiger partial charge in [-0.15, -0.1) is 0 Å². The lowest BCUT2D eigenvalue weighted by molar-refractivity contribution is 0.484. The van der Waals surface area contributed by atoms with Crippen molar-refractivity contribution in [3.63, 3.8) is 0 Å². The van der Waals surface area contributed by atoms with Gasteiger partial charge in [0.25, 0.3) is 0 Å². The number of nitrogens with one attached hydrogen (secondary N) is 3. The number of hydrogen-bond acceptors (Lipinski definition) is 8. The molecule has 0 amide bonds. The molecule has 1 saturated heterocycles. The summed E-state index contributed by atoms with van der Waals surface area (Å²) >= 11 is 6.47. The van der Waals surface area contributed by atoms with E-state index in [0.29, 0.717) is 22.3 Å². The molecule has 0 atom stereocenters. The van der Waals surface area contributed by atoms with Crippen molar-refractivity contribution in [3.8, 4) is 11.5 Å². The number of halogens is 1. The van der Waals surface area contributed by atoms with Gasteiger partial charge >= 0.3 is 0 Å². The summed E-state index contributed by atoms with van der Waals surface area (Å²) in [6.07, 6.45) is 1.75. The minimum atomic E-state index is 0.222. The maximum Gasteiger partial charge on any atom is 0.223 e. The van der Waals surface area contributed by atoms with E-state index in [1.807, 2.05) is 36.4 Å². The summed E-state index contributed by atoms with van der Waals surface area (Å²) in [6, 6.07) is 13.0. The summed E-state index contributed by atoms with van der Waals surface area (Å²) in [4.78, 5) is 10.8. The minimum Gasteiger partial charge on any atom is -0.456 e. The largest absolute Gasteiger partial charge is 0.456 e. The first-order valence-corrected chi connectivity index (χ1v) is 10.3. The maximum atomic E-state index is 6.47. The fraction of sp³-hybridized carbons (Fsp3) is 0.190. The first-order valence-electron chi connectivity index (χ1n) is 9.92. The zero-order valence-corrected chi connectivity index (χ0v) is 17.4. The molecule has 2 aromatic heterocycles. The first kappa shape index (κ1) is 19.4. The number of ether oxygens (including phenoxy) is 1. The van der Waals surface area contributed by atoms with E-state index < -0.39 is 0 Å². The van der Waals surface area contributed by atoms with Crippen LogP contribution in [0, 0.1) is 0 Å². The molecule has 5 N–H and O–H groups in total. The van der Waals surface area contributed by atoms with Crippen molar-refractivity contribution in [2.24, 2.45) is 0 Å². The summed E-state index contributed by atoms with van der Waals surface area (Å²) < 4.78 is 5.95. The predicted octanol–water partition coefficient (Wildman–Crippen LogP) is 3.53. The smallest absolute Gasteiger partial charge is 0.223 e. The van der Waals surface area contributed by atoms with Crippen LogP contribution in [-0.4, -0.2) is 46.3 Å². The number of aromatic nitrogens is 4. The molecule has 0 aliphatic carbocycles. The lowest BCUT2D eigenvalue weighted by atomic mass is 10.2. The topological polar surface area (TPSA) is 117 Å². The molecule has 2 aromatic carbocycles. The van der Waals surface area contributed by atoms with E-state index in [-0.39, 0.29) is 5.95 Å². The monoisotopic (exact) mass is 436 g/mol. The molecule has 0 bridgehead atoms. The van der Waals surface area contributed by atoms with E-state index in [2.05, 4.69) is 35.7 Å². The van der Waals surface area contributed by atoms with Crippen LogP contribution in [0.15, 0.2) is 48.7 Å². The molecule has 158 valence electrons. The average molecular weight is 437 g/mol. The highest BCUT2D eigenvalue weighted by molar-refractivity contribution is 6.32. The number of nitrogen functional groups attached to an aromatic ring is 1. The summed E-state index contributed by atoms with van der Waals surface area (Å²) in [5, 5.41) is 15.0. The van der Waals surface area contributed by atoms with Crippen molar-refractivity contribution in [3.05, 3.63) is 53.7 Å². The Hall–Kier alpha value is -3.56. The maximum absolute atomic E-state index is 6.47. The van der Waals surface area contributed by atoms with Gasteiger partial charge in [-0.3, -0.25) is 5.10 Å². The van der Waals surface area contributed by atoms with E-state index in [4.69, 9.17) is 22.1 Å². The number of aromatic amines is 1. The number of fused-ring (bicyclic) bond motifs is 1. The van der Waals surface area contributed by atoms with Gasteiger partial charge in [0.1, 0.15) is 23.1 Å². The van der Waals surface area contributed by atoms with Crippen LogP contribution in [-0.2, 0) is 0 Å². The Morgan fingerprint density at radius 3 is 2.77 bits per heavy atom. The zero-order chi connectivity index (χ0) is 21.2. The fourth-order valence-corrected chi connectivity index (χ4v) is 3.71. The number of rotatable bonds is 5. The molecule has 31 heavy (non-hydrogen) atoms. The molecule has 3 heterocycles. The molecule has 0 radical (unpaired) electrons. The van der Waals surface area contributed by atoms with Crippen LogP contribution < -0.4 is 26.0 Å². The Labute approximate surface area is 183 Å².